The molecule has 0 bridgehead atoms. The summed E-state index contributed by atoms with van der Waals surface area (Å²) >= 11 is 0. The molecular formula is C20H17F4NO2. The summed E-state index contributed by atoms with van der Waals surface area (Å²) in [7, 11) is 0. The van der Waals surface area contributed by atoms with E-state index in [2.05, 4.69) is 5.32 Å². The maximum atomic E-state index is 14.3. The highest BCUT2D eigenvalue weighted by molar-refractivity contribution is 5.90. The van der Waals surface area contributed by atoms with Gasteiger partial charge in [0.05, 0.1) is 5.92 Å². The first-order chi connectivity index (χ1) is 12.8. The molecule has 7 heteroatoms. The minimum absolute atomic E-state index is 0.0266. The molecule has 1 saturated heterocycles. The Hall–Kier alpha value is -2.70. The van der Waals surface area contributed by atoms with Gasteiger partial charge in [-0.2, -0.15) is 0 Å². The Morgan fingerprint density at radius 3 is 2.33 bits per heavy atom. The average molecular weight is 379 g/mol. The predicted octanol–water partition coefficient (Wildman–Crippen LogP) is 3.58. The summed E-state index contributed by atoms with van der Waals surface area (Å²) < 4.78 is 54.8. The van der Waals surface area contributed by atoms with Gasteiger partial charge in [-0.15, -0.1) is 0 Å². The van der Waals surface area contributed by atoms with E-state index in [1.54, 1.807) is 6.92 Å². The fourth-order valence-electron chi connectivity index (χ4n) is 3.46. The van der Waals surface area contributed by atoms with Crippen LogP contribution in [0.4, 0.5) is 17.6 Å². The lowest BCUT2D eigenvalue weighted by Crippen LogP contribution is -2.23. The van der Waals surface area contributed by atoms with Gasteiger partial charge in [0.25, 0.3) is 0 Å². The Bertz CT molecular complexity index is 890. The zero-order valence-corrected chi connectivity index (χ0v) is 14.5. The van der Waals surface area contributed by atoms with E-state index in [1.165, 1.54) is 18.2 Å². The van der Waals surface area contributed by atoms with Crippen LogP contribution in [0.1, 0.15) is 29.0 Å². The van der Waals surface area contributed by atoms with E-state index in [0.717, 1.165) is 12.1 Å². The number of rotatable bonds is 5. The van der Waals surface area contributed by atoms with Gasteiger partial charge in [0.1, 0.15) is 17.4 Å². The molecule has 3 rings (SSSR count). The lowest BCUT2D eigenvalue weighted by molar-refractivity contribution is -0.127. The molecule has 2 aromatic rings. The highest BCUT2D eigenvalue weighted by atomic mass is 19.2. The predicted molar refractivity (Wildman–Crippen MR) is 90.0 cm³/mol. The molecule has 1 heterocycles. The van der Waals surface area contributed by atoms with Crippen LogP contribution >= 0.6 is 0 Å². The second-order valence-electron chi connectivity index (χ2n) is 6.77. The molecule has 1 aliphatic rings. The van der Waals surface area contributed by atoms with Gasteiger partial charge in [0, 0.05) is 30.9 Å². The van der Waals surface area contributed by atoms with E-state index in [1.807, 2.05) is 0 Å². The van der Waals surface area contributed by atoms with Crippen molar-refractivity contribution < 1.29 is 27.2 Å². The van der Waals surface area contributed by atoms with Crippen molar-refractivity contribution in [3.05, 3.63) is 70.3 Å². The number of benzene rings is 2. The molecule has 0 spiro atoms. The number of carbonyl (C=O) groups excluding carboxylic acids is 2. The van der Waals surface area contributed by atoms with E-state index >= 15 is 0 Å². The zero-order valence-electron chi connectivity index (χ0n) is 14.5. The van der Waals surface area contributed by atoms with Gasteiger partial charge in [-0.3, -0.25) is 9.59 Å². The van der Waals surface area contributed by atoms with Gasteiger partial charge in [0.2, 0.25) is 5.91 Å². The smallest absolute Gasteiger partial charge is 0.224 e. The SMILES string of the molecule is Cc1cc(F)c([C@@H]2CNC(=O)[C@H]2CC(=O)Cc2ccc(F)c(F)c2)c(F)c1. The summed E-state index contributed by atoms with van der Waals surface area (Å²) in [5.41, 5.74) is 0.461. The highest BCUT2D eigenvalue weighted by Gasteiger charge is 2.39. The van der Waals surface area contributed by atoms with E-state index in [0.29, 0.717) is 5.56 Å². The monoisotopic (exact) mass is 379 g/mol. The molecule has 0 aliphatic carbocycles. The summed E-state index contributed by atoms with van der Waals surface area (Å²) in [5, 5.41) is 2.54. The molecule has 0 aromatic heterocycles. The Balaban J connectivity index is 1.79. The zero-order chi connectivity index (χ0) is 19.7. The normalized spacial score (nSPS) is 19.2. The number of amides is 1. The van der Waals surface area contributed by atoms with Crippen LogP contribution in [0.5, 0.6) is 0 Å². The van der Waals surface area contributed by atoms with Crippen molar-refractivity contribution in [2.24, 2.45) is 5.92 Å². The molecule has 2 atom stereocenters. The van der Waals surface area contributed by atoms with Gasteiger partial charge < -0.3 is 5.32 Å². The molecule has 142 valence electrons. The molecule has 1 amide bonds. The van der Waals surface area contributed by atoms with E-state index < -0.39 is 46.8 Å². The number of aryl methyl sites for hydroxylation is 1. The van der Waals surface area contributed by atoms with Crippen molar-refractivity contribution in [3.8, 4) is 0 Å². The number of nitrogens with one attached hydrogen (secondary N) is 1. The van der Waals surface area contributed by atoms with Crippen LogP contribution in [0, 0.1) is 36.1 Å². The fourth-order valence-corrected chi connectivity index (χ4v) is 3.46. The Kier molecular flexibility index (Phi) is 5.30. The molecule has 1 aliphatic heterocycles. The molecule has 1 N–H and O–H groups in total. The van der Waals surface area contributed by atoms with Crippen LogP contribution < -0.4 is 5.32 Å². The van der Waals surface area contributed by atoms with Crippen LogP contribution in [0.2, 0.25) is 0 Å². The molecule has 3 nitrogen and oxygen atoms in total. The number of hydrogen-bond acceptors (Lipinski definition) is 2. The molecule has 1 fully saturated rings. The Morgan fingerprint density at radius 2 is 1.70 bits per heavy atom. The summed E-state index contributed by atoms with van der Waals surface area (Å²) in [4.78, 5) is 24.4. The lowest BCUT2D eigenvalue weighted by atomic mass is 9.83. The molecular weight excluding hydrogens is 362 g/mol. The van der Waals surface area contributed by atoms with Crippen molar-refractivity contribution in [1.29, 1.82) is 0 Å². The maximum absolute atomic E-state index is 14.3. The first-order valence-corrected chi connectivity index (χ1v) is 8.45. The summed E-state index contributed by atoms with van der Waals surface area (Å²) in [5.74, 6) is -6.20. The largest absolute Gasteiger partial charge is 0.355 e. The van der Waals surface area contributed by atoms with Gasteiger partial charge in [-0.1, -0.05) is 6.07 Å². The van der Waals surface area contributed by atoms with Gasteiger partial charge in [-0.25, -0.2) is 17.6 Å². The molecule has 0 saturated carbocycles. The molecule has 0 radical (unpaired) electrons. The van der Waals surface area contributed by atoms with E-state index in [4.69, 9.17) is 0 Å². The lowest BCUT2D eigenvalue weighted by Gasteiger charge is -2.18. The van der Waals surface area contributed by atoms with E-state index in [9.17, 15) is 27.2 Å². The van der Waals surface area contributed by atoms with Crippen molar-refractivity contribution >= 4 is 11.7 Å². The number of halogens is 4. The number of hydrogen-bond donors (Lipinski definition) is 1. The summed E-state index contributed by atoms with van der Waals surface area (Å²) in [6.45, 7) is 1.58. The third-order valence-electron chi connectivity index (χ3n) is 4.75. The number of Topliss-reactive ketones (excluding diaryl/α,β-unsaturated/α-hetero) is 1. The fraction of sp³-hybridized carbons (Fsp3) is 0.300. The first-order valence-electron chi connectivity index (χ1n) is 8.45. The summed E-state index contributed by atoms with van der Waals surface area (Å²) in [6.07, 6.45) is -0.450. The van der Waals surface area contributed by atoms with Crippen molar-refractivity contribution in [2.45, 2.75) is 25.7 Å². The minimum atomic E-state index is -1.07. The van der Waals surface area contributed by atoms with Crippen LogP contribution in [-0.4, -0.2) is 18.2 Å². The topological polar surface area (TPSA) is 46.2 Å². The maximum Gasteiger partial charge on any atom is 0.224 e. The van der Waals surface area contributed by atoms with Crippen LogP contribution in [0.3, 0.4) is 0 Å². The first kappa shape index (κ1) is 19.1. The van der Waals surface area contributed by atoms with Crippen molar-refractivity contribution in [2.75, 3.05) is 6.54 Å². The minimum Gasteiger partial charge on any atom is -0.355 e. The van der Waals surface area contributed by atoms with E-state index in [-0.39, 0.29) is 30.5 Å². The Labute approximate surface area is 153 Å². The van der Waals surface area contributed by atoms with Crippen LogP contribution in [0.15, 0.2) is 30.3 Å². The average Bonchev–Trinajstić information content (AvgIpc) is 2.91. The number of carbonyl (C=O) groups is 2. The quantitative estimate of drug-likeness (QED) is 0.808. The van der Waals surface area contributed by atoms with Gasteiger partial charge in [0.15, 0.2) is 11.6 Å². The second-order valence-corrected chi connectivity index (χ2v) is 6.77. The third kappa shape index (κ3) is 4.02. The third-order valence-corrected chi connectivity index (χ3v) is 4.75. The molecule has 0 unspecified atom stereocenters. The number of ketones is 1. The van der Waals surface area contributed by atoms with Crippen molar-refractivity contribution in [3.63, 3.8) is 0 Å². The standard InChI is InChI=1S/C20H17F4NO2/c1-10-4-17(23)19(18(24)5-10)14-9-25-20(27)13(14)8-12(26)6-11-2-3-15(21)16(22)7-11/h2-5,7,13-14H,6,8-9H2,1H3,(H,25,27)/t13-,14+/m0/s1. The molecule has 27 heavy (non-hydrogen) atoms. The van der Waals surface area contributed by atoms with Crippen LogP contribution in [-0.2, 0) is 16.0 Å². The van der Waals surface area contributed by atoms with Crippen molar-refractivity contribution in [1.82, 2.24) is 5.32 Å². The molecule has 2 aromatic carbocycles. The van der Waals surface area contributed by atoms with Gasteiger partial charge in [-0.05, 0) is 42.3 Å². The highest BCUT2D eigenvalue weighted by Crippen LogP contribution is 2.35. The van der Waals surface area contributed by atoms with Gasteiger partial charge >= 0.3 is 0 Å². The Morgan fingerprint density at radius 1 is 1.04 bits per heavy atom. The summed E-state index contributed by atoms with van der Waals surface area (Å²) in [6, 6.07) is 5.48. The van der Waals surface area contributed by atoms with Crippen LogP contribution in [0.25, 0.3) is 0 Å². The second kappa shape index (κ2) is 7.50.